The van der Waals surface area contributed by atoms with Crippen molar-refractivity contribution in [1.82, 2.24) is 14.6 Å². The Morgan fingerprint density at radius 1 is 1.37 bits per heavy atom. The first-order chi connectivity index (χ1) is 8.80. The summed E-state index contributed by atoms with van der Waals surface area (Å²) >= 11 is 6.48. The molecule has 0 unspecified atom stereocenters. The second-order valence-corrected chi connectivity index (χ2v) is 4.66. The molecule has 2 aromatic rings. The molecule has 100 valence electrons. The summed E-state index contributed by atoms with van der Waals surface area (Å²) in [5.74, 6) is -0.543. The normalized spacial score (nSPS) is 11.6. The van der Waals surface area contributed by atoms with Crippen LogP contribution in [0.15, 0.2) is 12.1 Å². The van der Waals surface area contributed by atoms with Gasteiger partial charge in [-0.25, -0.2) is 4.98 Å². The van der Waals surface area contributed by atoms with E-state index in [1.807, 2.05) is 0 Å². The maximum absolute atomic E-state index is 12.4. The van der Waals surface area contributed by atoms with E-state index in [4.69, 9.17) is 11.6 Å². The van der Waals surface area contributed by atoms with Crippen molar-refractivity contribution in [3.8, 4) is 0 Å². The number of aryl methyl sites for hydroxylation is 1. The molecule has 0 amide bonds. The predicted octanol–water partition coefficient (Wildman–Crippen LogP) is 3.14. The van der Waals surface area contributed by atoms with Gasteiger partial charge in [0, 0.05) is 0 Å². The fourth-order valence-corrected chi connectivity index (χ4v) is 2.17. The number of alkyl halides is 3. The fourth-order valence-electron chi connectivity index (χ4n) is 1.32. The molecule has 9 heteroatoms. The lowest BCUT2D eigenvalue weighted by Gasteiger charge is -2.07. The summed E-state index contributed by atoms with van der Waals surface area (Å²) < 4.78 is 40.8. The molecular weight excluding hydrogens is 303 g/mol. The first-order valence-electron chi connectivity index (χ1n) is 4.88. The van der Waals surface area contributed by atoms with Crippen LogP contribution < -0.4 is 0 Å². The van der Waals surface area contributed by atoms with E-state index in [0.717, 1.165) is 17.6 Å². The number of halogens is 4. The minimum Gasteiger partial charge on any atom is -0.287 e. The number of hydrogen-bond acceptors (Lipinski definition) is 5. The van der Waals surface area contributed by atoms with Crippen LogP contribution in [0.5, 0.6) is 0 Å². The first-order valence-corrected chi connectivity index (χ1v) is 6.03. The van der Waals surface area contributed by atoms with Gasteiger partial charge in [-0.15, -0.1) is 5.10 Å². The summed E-state index contributed by atoms with van der Waals surface area (Å²) in [5.41, 5.74) is -0.858. The molecule has 0 aliphatic rings. The van der Waals surface area contributed by atoms with Gasteiger partial charge < -0.3 is 0 Å². The van der Waals surface area contributed by atoms with Crippen molar-refractivity contribution < 1.29 is 18.0 Å². The summed E-state index contributed by atoms with van der Waals surface area (Å²) in [4.78, 5) is 15.4. The molecule has 0 aliphatic carbocycles. The van der Waals surface area contributed by atoms with Crippen LogP contribution in [0.25, 0.3) is 0 Å². The number of carbonyl (C=O) groups is 1. The van der Waals surface area contributed by atoms with E-state index in [-0.39, 0.29) is 10.4 Å². The van der Waals surface area contributed by atoms with Crippen LogP contribution in [0.3, 0.4) is 0 Å². The van der Waals surface area contributed by atoms with Gasteiger partial charge in [0.15, 0.2) is 0 Å². The van der Waals surface area contributed by atoms with Crippen LogP contribution in [0, 0.1) is 6.92 Å². The van der Waals surface area contributed by atoms with Crippen molar-refractivity contribution in [3.63, 3.8) is 0 Å². The van der Waals surface area contributed by atoms with Gasteiger partial charge in [-0.2, -0.15) is 13.2 Å². The predicted molar refractivity (Wildman–Crippen MR) is 62.3 cm³/mol. The molecule has 0 N–H and O–H groups in total. The van der Waals surface area contributed by atoms with Crippen LogP contribution in [-0.2, 0) is 6.18 Å². The van der Waals surface area contributed by atoms with Crippen LogP contribution in [0.1, 0.15) is 26.6 Å². The summed E-state index contributed by atoms with van der Waals surface area (Å²) in [6, 6.07) is 1.71. The molecule has 4 nitrogen and oxygen atoms in total. The van der Waals surface area contributed by atoms with Crippen molar-refractivity contribution in [2.45, 2.75) is 13.1 Å². The zero-order valence-corrected chi connectivity index (χ0v) is 10.9. The SMILES string of the molecule is Cc1nnsc1C(=O)c1ccc(C(F)(F)F)nc1Cl. The van der Waals surface area contributed by atoms with Crippen molar-refractivity contribution in [3.05, 3.63) is 39.1 Å². The molecule has 0 aromatic carbocycles. The number of rotatable bonds is 2. The van der Waals surface area contributed by atoms with Gasteiger partial charge in [0.25, 0.3) is 0 Å². The number of hydrogen-bond donors (Lipinski definition) is 0. The Labute approximate surface area is 114 Å². The van der Waals surface area contributed by atoms with E-state index in [1.165, 1.54) is 0 Å². The minimum absolute atomic E-state index is 0.108. The molecule has 0 saturated heterocycles. The van der Waals surface area contributed by atoms with Gasteiger partial charge >= 0.3 is 6.18 Å². The highest BCUT2D eigenvalue weighted by Crippen LogP contribution is 2.30. The van der Waals surface area contributed by atoms with E-state index in [1.54, 1.807) is 6.92 Å². The van der Waals surface area contributed by atoms with Crippen LogP contribution in [0.4, 0.5) is 13.2 Å². The molecule has 2 aromatic heterocycles. The molecule has 0 radical (unpaired) electrons. The quantitative estimate of drug-likeness (QED) is 0.632. The minimum atomic E-state index is -4.60. The van der Waals surface area contributed by atoms with E-state index in [0.29, 0.717) is 11.8 Å². The Balaban J connectivity index is 2.43. The lowest BCUT2D eigenvalue weighted by molar-refractivity contribution is -0.141. The Hall–Kier alpha value is -1.54. The van der Waals surface area contributed by atoms with Crippen molar-refractivity contribution >= 4 is 28.9 Å². The molecule has 0 bridgehead atoms. The van der Waals surface area contributed by atoms with Gasteiger partial charge in [-0.1, -0.05) is 16.1 Å². The molecule has 0 spiro atoms. The van der Waals surface area contributed by atoms with Gasteiger partial charge in [-0.3, -0.25) is 4.79 Å². The third-order valence-electron chi connectivity index (χ3n) is 2.24. The number of nitrogens with zero attached hydrogens (tertiary/aromatic N) is 3. The van der Waals surface area contributed by atoms with Crippen molar-refractivity contribution in [2.75, 3.05) is 0 Å². The summed E-state index contributed by atoms with van der Waals surface area (Å²) in [5, 5.41) is 3.16. The topological polar surface area (TPSA) is 55.7 Å². The Bertz CT molecular complexity index is 641. The molecule has 2 rings (SSSR count). The fraction of sp³-hybridized carbons (Fsp3) is 0.200. The van der Waals surface area contributed by atoms with E-state index in [2.05, 4.69) is 14.6 Å². The number of pyridine rings is 1. The molecule has 0 atom stereocenters. The summed E-state index contributed by atoms with van der Waals surface area (Å²) in [7, 11) is 0. The van der Waals surface area contributed by atoms with Gasteiger partial charge in [0.2, 0.25) is 5.78 Å². The van der Waals surface area contributed by atoms with E-state index < -0.39 is 22.8 Å². The Morgan fingerprint density at radius 2 is 2.05 bits per heavy atom. The zero-order chi connectivity index (χ0) is 14.2. The molecule has 0 aliphatic heterocycles. The first kappa shape index (κ1) is 13.9. The lowest BCUT2D eigenvalue weighted by atomic mass is 10.1. The second kappa shape index (κ2) is 4.86. The highest BCUT2D eigenvalue weighted by atomic mass is 35.5. The number of ketones is 1. The zero-order valence-electron chi connectivity index (χ0n) is 9.32. The van der Waals surface area contributed by atoms with Crippen LogP contribution >= 0.6 is 23.1 Å². The van der Waals surface area contributed by atoms with Gasteiger partial charge in [0.05, 0.1) is 11.3 Å². The molecule has 19 heavy (non-hydrogen) atoms. The van der Waals surface area contributed by atoms with Crippen LogP contribution in [0.2, 0.25) is 5.15 Å². The third-order valence-corrected chi connectivity index (χ3v) is 3.36. The van der Waals surface area contributed by atoms with Crippen molar-refractivity contribution in [1.29, 1.82) is 0 Å². The molecular formula is C10H5ClF3N3OS. The van der Waals surface area contributed by atoms with Gasteiger partial charge in [0.1, 0.15) is 15.7 Å². The van der Waals surface area contributed by atoms with E-state index in [9.17, 15) is 18.0 Å². The second-order valence-electron chi connectivity index (χ2n) is 3.55. The summed E-state index contributed by atoms with van der Waals surface area (Å²) in [6.07, 6.45) is -4.60. The van der Waals surface area contributed by atoms with E-state index >= 15 is 0 Å². The van der Waals surface area contributed by atoms with Crippen LogP contribution in [-0.4, -0.2) is 20.4 Å². The maximum atomic E-state index is 12.4. The largest absolute Gasteiger partial charge is 0.433 e. The smallest absolute Gasteiger partial charge is 0.287 e. The van der Waals surface area contributed by atoms with Crippen molar-refractivity contribution in [2.24, 2.45) is 0 Å². The number of carbonyl (C=O) groups excluding carboxylic acids is 1. The Kier molecular flexibility index (Phi) is 3.55. The maximum Gasteiger partial charge on any atom is 0.433 e. The average Bonchev–Trinajstić information content (AvgIpc) is 2.73. The highest BCUT2D eigenvalue weighted by molar-refractivity contribution is 7.08. The number of aromatic nitrogens is 3. The summed E-state index contributed by atoms with van der Waals surface area (Å²) in [6.45, 7) is 1.57. The third kappa shape index (κ3) is 2.74. The highest BCUT2D eigenvalue weighted by Gasteiger charge is 2.33. The molecule has 2 heterocycles. The standard InChI is InChI=1S/C10H5ClF3N3OS/c1-4-8(19-17-16-4)7(18)5-2-3-6(10(12,13)14)15-9(5)11/h2-3H,1H3. The molecule has 0 saturated carbocycles. The molecule has 0 fully saturated rings. The Morgan fingerprint density at radius 3 is 2.53 bits per heavy atom. The monoisotopic (exact) mass is 307 g/mol. The average molecular weight is 308 g/mol. The van der Waals surface area contributed by atoms with Gasteiger partial charge in [-0.05, 0) is 30.6 Å². The lowest BCUT2D eigenvalue weighted by Crippen LogP contribution is -2.10.